The number of nitrogens with zero attached hydrogens (tertiary/aromatic N) is 3. The van der Waals surface area contributed by atoms with Gasteiger partial charge < -0.3 is 72.0 Å². The van der Waals surface area contributed by atoms with Gasteiger partial charge in [0.2, 0.25) is 35.4 Å². The van der Waals surface area contributed by atoms with E-state index in [9.17, 15) is 28.8 Å². The van der Waals surface area contributed by atoms with Gasteiger partial charge in [0, 0.05) is 19.6 Å². The number of amides is 6. The van der Waals surface area contributed by atoms with E-state index < -0.39 is 71.7 Å². The summed E-state index contributed by atoms with van der Waals surface area (Å²) in [6.45, 7) is 9.44. The third-order valence-corrected chi connectivity index (χ3v) is 8.23. The fourth-order valence-electron chi connectivity index (χ4n) is 5.34. The van der Waals surface area contributed by atoms with Gasteiger partial charge >= 0.3 is 0 Å². The molecule has 22 heteroatoms. The molecule has 0 aromatic heterocycles. The second-order valence-corrected chi connectivity index (χ2v) is 14.3. The number of aliphatic imine (C=N–C) groups is 3. The van der Waals surface area contributed by atoms with E-state index >= 15 is 0 Å². The molecule has 0 aliphatic rings. The molecular formula is C34H68N16O6. The van der Waals surface area contributed by atoms with Crippen LogP contribution in [0.2, 0.25) is 0 Å². The van der Waals surface area contributed by atoms with E-state index in [1.807, 2.05) is 27.7 Å². The highest BCUT2D eigenvalue weighted by Crippen LogP contribution is 2.11. The highest BCUT2D eigenvalue weighted by Gasteiger charge is 2.33. The molecule has 0 heterocycles. The second kappa shape index (κ2) is 27.2. The summed E-state index contributed by atoms with van der Waals surface area (Å²) in [6, 6.07) is -6.17. The molecule has 0 radical (unpaired) electrons. The molecule has 0 aromatic rings. The lowest BCUT2D eigenvalue weighted by Crippen LogP contribution is -2.59. The molecule has 0 saturated carbocycles. The summed E-state index contributed by atoms with van der Waals surface area (Å²) in [7, 11) is 1.60. The Morgan fingerprint density at radius 3 is 1.04 bits per heavy atom. The van der Waals surface area contributed by atoms with Gasteiger partial charge in [-0.2, -0.15) is 0 Å². The van der Waals surface area contributed by atoms with Gasteiger partial charge in [-0.15, -0.1) is 0 Å². The minimum atomic E-state index is -1.21. The van der Waals surface area contributed by atoms with E-state index in [4.69, 9.17) is 40.1 Å². The number of rotatable bonds is 28. The van der Waals surface area contributed by atoms with Gasteiger partial charge in [-0.1, -0.05) is 27.7 Å². The van der Waals surface area contributed by atoms with Crippen molar-refractivity contribution in [3.8, 4) is 0 Å². The zero-order valence-electron chi connectivity index (χ0n) is 33.7. The minimum absolute atomic E-state index is 0.0288. The van der Waals surface area contributed by atoms with Crippen LogP contribution in [0.1, 0.15) is 86.0 Å². The van der Waals surface area contributed by atoms with E-state index in [1.54, 1.807) is 7.05 Å². The largest absolute Gasteiger partial charge is 0.370 e. The zero-order valence-corrected chi connectivity index (χ0v) is 33.7. The molecule has 0 spiro atoms. The Labute approximate surface area is 329 Å². The molecule has 20 N–H and O–H groups in total. The summed E-state index contributed by atoms with van der Waals surface area (Å²) in [5.41, 5.74) is 37.9. The Morgan fingerprint density at radius 1 is 0.446 bits per heavy atom. The van der Waals surface area contributed by atoms with Crippen molar-refractivity contribution in [3.05, 3.63) is 0 Å². The van der Waals surface area contributed by atoms with Crippen molar-refractivity contribution in [2.24, 2.45) is 66.9 Å². The van der Waals surface area contributed by atoms with Crippen molar-refractivity contribution in [2.45, 2.75) is 122 Å². The first-order valence-electron chi connectivity index (χ1n) is 18.8. The van der Waals surface area contributed by atoms with Gasteiger partial charge in [-0.3, -0.25) is 43.7 Å². The Kier molecular flexibility index (Phi) is 24.6. The van der Waals surface area contributed by atoms with Crippen LogP contribution >= 0.6 is 0 Å². The summed E-state index contributed by atoms with van der Waals surface area (Å²) < 4.78 is 0. The van der Waals surface area contributed by atoms with Crippen LogP contribution in [-0.4, -0.2) is 116 Å². The topological polar surface area (TPSA) is 394 Å². The molecule has 0 saturated heterocycles. The maximum Gasteiger partial charge on any atom is 0.243 e. The van der Waals surface area contributed by atoms with Crippen LogP contribution in [0.4, 0.5) is 0 Å². The molecule has 0 bridgehead atoms. The molecule has 6 atom stereocenters. The number of guanidine groups is 3. The Balaban J connectivity index is 6.42. The predicted octanol–water partition coefficient (Wildman–Crippen LogP) is -4.24. The quantitative estimate of drug-likeness (QED) is 0.0203. The van der Waals surface area contributed by atoms with E-state index in [1.165, 1.54) is 6.92 Å². The number of likely N-dealkylation sites (N-methyl/N-ethyl adjacent to an activating group) is 1. The van der Waals surface area contributed by atoms with Crippen molar-refractivity contribution in [3.63, 3.8) is 0 Å². The Bertz CT molecular complexity index is 1360. The molecule has 6 amide bonds. The molecule has 0 fully saturated rings. The van der Waals surface area contributed by atoms with Gasteiger partial charge in [-0.25, -0.2) is 0 Å². The minimum Gasteiger partial charge on any atom is -0.370 e. The summed E-state index contributed by atoms with van der Waals surface area (Å²) in [6.07, 6.45) is 1.93. The molecule has 320 valence electrons. The fraction of sp³-hybridized carbons (Fsp3) is 0.735. The molecule has 0 aromatic carbocycles. The number of nitrogens with two attached hydrogens (primary N) is 7. The highest BCUT2D eigenvalue weighted by atomic mass is 16.2. The van der Waals surface area contributed by atoms with Crippen LogP contribution < -0.4 is 72.0 Å². The molecule has 0 aliphatic heterocycles. The van der Waals surface area contributed by atoms with Gasteiger partial charge in [0.05, 0.1) is 6.04 Å². The summed E-state index contributed by atoms with van der Waals surface area (Å²) in [5.74, 6) is -4.35. The summed E-state index contributed by atoms with van der Waals surface area (Å²) in [4.78, 5) is 91.4. The zero-order chi connectivity index (χ0) is 43.0. The van der Waals surface area contributed by atoms with Crippen molar-refractivity contribution < 1.29 is 28.8 Å². The Hall–Kier alpha value is -5.41. The lowest BCUT2D eigenvalue weighted by molar-refractivity contribution is -0.135. The van der Waals surface area contributed by atoms with Crippen LogP contribution in [0.3, 0.4) is 0 Å². The van der Waals surface area contributed by atoms with Gasteiger partial charge in [0.25, 0.3) is 0 Å². The van der Waals surface area contributed by atoms with Crippen LogP contribution in [-0.2, 0) is 28.8 Å². The second-order valence-electron chi connectivity index (χ2n) is 14.3. The SMILES string of the molecule is CN[C@@H](CCCN=C(N)N)C(=O)N[C@@H](CCCN=C(N)N)C(=O)N[C@@H](CCCN=C(N)N)C(=O)N[C@@H](CC(C)C)C(=O)N[C@@H](CC(C)C)C(=O)N[C@@H](C)C(N)=O. The fourth-order valence-corrected chi connectivity index (χ4v) is 5.34. The average Bonchev–Trinajstić information content (AvgIpc) is 3.09. The smallest absolute Gasteiger partial charge is 0.243 e. The van der Waals surface area contributed by atoms with E-state index in [2.05, 4.69) is 46.9 Å². The average molecular weight is 797 g/mol. The maximum absolute atomic E-state index is 14.0. The van der Waals surface area contributed by atoms with Crippen LogP contribution in [0.25, 0.3) is 0 Å². The van der Waals surface area contributed by atoms with Crippen molar-refractivity contribution in [1.82, 2.24) is 31.9 Å². The molecule has 0 rings (SSSR count). The summed E-state index contributed by atoms with van der Waals surface area (Å²) in [5, 5.41) is 16.4. The van der Waals surface area contributed by atoms with Crippen molar-refractivity contribution in [2.75, 3.05) is 26.7 Å². The number of nitrogens with one attached hydrogen (secondary N) is 6. The van der Waals surface area contributed by atoms with E-state index in [0.29, 0.717) is 25.8 Å². The number of hydrogen-bond donors (Lipinski definition) is 13. The van der Waals surface area contributed by atoms with Gasteiger partial charge in [0.1, 0.15) is 30.2 Å². The lowest BCUT2D eigenvalue weighted by Gasteiger charge is -2.28. The van der Waals surface area contributed by atoms with Gasteiger partial charge in [-0.05, 0) is 77.2 Å². The summed E-state index contributed by atoms with van der Waals surface area (Å²) >= 11 is 0. The van der Waals surface area contributed by atoms with Gasteiger partial charge in [0.15, 0.2) is 17.9 Å². The Morgan fingerprint density at radius 2 is 0.732 bits per heavy atom. The monoisotopic (exact) mass is 797 g/mol. The molecule has 56 heavy (non-hydrogen) atoms. The number of carbonyl (C=O) groups excluding carboxylic acids is 6. The first kappa shape index (κ1) is 50.6. The number of hydrogen-bond acceptors (Lipinski definition) is 10. The maximum atomic E-state index is 14.0. The first-order chi connectivity index (χ1) is 26.2. The molecular weight excluding hydrogens is 728 g/mol. The van der Waals surface area contributed by atoms with Crippen molar-refractivity contribution >= 4 is 53.3 Å². The normalized spacial score (nSPS) is 14.1. The third-order valence-electron chi connectivity index (χ3n) is 8.23. The van der Waals surface area contributed by atoms with Crippen LogP contribution in [0, 0.1) is 11.8 Å². The lowest BCUT2D eigenvalue weighted by atomic mass is 9.99. The predicted molar refractivity (Wildman–Crippen MR) is 216 cm³/mol. The first-order valence-corrected chi connectivity index (χ1v) is 18.8. The van der Waals surface area contributed by atoms with Crippen LogP contribution in [0.5, 0.6) is 0 Å². The number of carbonyl (C=O) groups is 6. The van der Waals surface area contributed by atoms with E-state index in [0.717, 1.165) is 0 Å². The van der Waals surface area contributed by atoms with Crippen LogP contribution in [0.15, 0.2) is 15.0 Å². The molecule has 0 aliphatic carbocycles. The van der Waals surface area contributed by atoms with Crippen molar-refractivity contribution in [1.29, 1.82) is 0 Å². The molecule has 22 nitrogen and oxygen atoms in total. The standard InChI is InChI=1S/C34H68N16O6/c1-18(2)16-24(30(55)46-20(5)26(35)51)50-31(56)25(17-19(3)4)49-29(54)23(12-9-15-45-34(40)41)48-28(53)22(11-8-14-44-33(38)39)47-27(52)21(42-6)10-7-13-43-32(36)37/h18-25,42H,7-17H2,1-6H3,(H2,35,51)(H,46,55)(H,47,52)(H,48,53)(H,49,54)(H,50,56)(H4,36,37,43)(H4,38,39,44)(H4,40,41,45)/t20-,21-,22-,23-,24-,25-/m0/s1. The highest BCUT2D eigenvalue weighted by molar-refractivity contribution is 5.96. The van der Waals surface area contributed by atoms with E-state index in [-0.39, 0.29) is 74.9 Å². The molecule has 0 unspecified atom stereocenters. The number of primary amides is 1. The third kappa shape index (κ3) is 22.7.